The minimum Gasteiger partial charge on any atom is -0.494 e. The Hall–Kier alpha value is -1.10. The molecule has 1 aromatic carbocycles. The molecule has 0 aromatic heterocycles. The minimum atomic E-state index is 0.718. The number of piperazine rings is 1. The quantitative estimate of drug-likeness (QED) is 0.793. The smallest absolute Gasteiger partial charge is 0.119 e. The average Bonchev–Trinajstić information content (AvgIpc) is 2.33. The van der Waals surface area contributed by atoms with Gasteiger partial charge >= 0.3 is 0 Å². The lowest BCUT2D eigenvalue weighted by Gasteiger charge is -2.31. The van der Waals surface area contributed by atoms with Gasteiger partial charge < -0.3 is 4.74 Å². The third-order valence-electron chi connectivity index (χ3n) is 3.02. The molecule has 1 aromatic rings. The maximum atomic E-state index is 5.74. The van der Waals surface area contributed by atoms with Crippen molar-refractivity contribution in [1.82, 2.24) is 9.91 Å². The summed E-state index contributed by atoms with van der Waals surface area (Å²) in [5, 5.41) is 1.88. The van der Waals surface area contributed by atoms with E-state index in [1.54, 1.807) is 0 Å². The van der Waals surface area contributed by atoms with Crippen LogP contribution >= 0.6 is 0 Å². The molecular formula is C13H21N3O. The van der Waals surface area contributed by atoms with Gasteiger partial charge in [-0.05, 0) is 24.6 Å². The summed E-state index contributed by atoms with van der Waals surface area (Å²) in [6.07, 6.45) is 0. The van der Waals surface area contributed by atoms with Crippen LogP contribution in [0, 0.1) is 0 Å². The molecule has 2 N–H and O–H groups in total. The first-order valence-corrected chi connectivity index (χ1v) is 6.21. The van der Waals surface area contributed by atoms with E-state index < -0.39 is 0 Å². The Labute approximate surface area is 103 Å². The van der Waals surface area contributed by atoms with Gasteiger partial charge in [0.05, 0.1) is 6.61 Å². The first-order chi connectivity index (χ1) is 8.28. The number of hydrogen-bond donors (Lipinski definition) is 1. The molecule has 1 aliphatic rings. The Morgan fingerprint density at radius 2 is 2.00 bits per heavy atom. The van der Waals surface area contributed by atoms with Crippen molar-refractivity contribution in [3.63, 3.8) is 0 Å². The van der Waals surface area contributed by atoms with Crippen molar-refractivity contribution in [2.45, 2.75) is 13.5 Å². The number of hydrogen-bond acceptors (Lipinski definition) is 4. The molecule has 2 rings (SSSR count). The fraction of sp³-hybridized carbons (Fsp3) is 0.538. The highest BCUT2D eigenvalue weighted by Gasteiger charge is 2.14. The highest BCUT2D eigenvalue weighted by atomic mass is 16.5. The lowest BCUT2D eigenvalue weighted by molar-refractivity contribution is 0.128. The van der Waals surface area contributed by atoms with E-state index >= 15 is 0 Å². The summed E-state index contributed by atoms with van der Waals surface area (Å²) < 4.78 is 5.51. The van der Waals surface area contributed by atoms with Crippen LogP contribution in [0.15, 0.2) is 24.3 Å². The molecule has 0 saturated carbocycles. The van der Waals surface area contributed by atoms with Gasteiger partial charge in [0.2, 0.25) is 0 Å². The molecule has 94 valence electrons. The molecule has 1 heterocycles. The van der Waals surface area contributed by atoms with E-state index in [2.05, 4.69) is 23.1 Å². The molecule has 0 unspecified atom stereocenters. The number of nitrogens with zero attached hydrogens (tertiary/aromatic N) is 2. The van der Waals surface area contributed by atoms with Crippen LogP contribution < -0.4 is 10.6 Å². The minimum absolute atomic E-state index is 0.718. The number of benzene rings is 1. The molecule has 1 aliphatic heterocycles. The molecule has 4 nitrogen and oxygen atoms in total. The van der Waals surface area contributed by atoms with E-state index in [0.717, 1.165) is 45.1 Å². The highest BCUT2D eigenvalue weighted by Crippen LogP contribution is 2.15. The average molecular weight is 235 g/mol. The predicted octanol–water partition coefficient (Wildman–Crippen LogP) is 1.08. The molecule has 0 atom stereocenters. The summed E-state index contributed by atoms with van der Waals surface area (Å²) in [5.74, 6) is 6.70. The molecule has 1 fully saturated rings. The number of hydrazine groups is 1. The van der Waals surface area contributed by atoms with Gasteiger partial charge in [-0.25, -0.2) is 5.01 Å². The number of rotatable bonds is 4. The Morgan fingerprint density at radius 1 is 1.24 bits per heavy atom. The molecule has 0 spiro atoms. The number of ether oxygens (including phenoxy) is 1. The molecule has 0 amide bonds. The first-order valence-electron chi connectivity index (χ1n) is 6.21. The van der Waals surface area contributed by atoms with Crippen LogP contribution in [0.5, 0.6) is 5.75 Å². The molecule has 1 saturated heterocycles. The van der Waals surface area contributed by atoms with Crippen LogP contribution in [0.1, 0.15) is 12.5 Å². The molecule has 0 radical (unpaired) electrons. The van der Waals surface area contributed by atoms with Gasteiger partial charge in [0, 0.05) is 32.7 Å². The summed E-state index contributed by atoms with van der Waals surface area (Å²) >= 11 is 0. The fourth-order valence-corrected chi connectivity index (χ4v) is 2.08. The maximum Gasteiger partial charge on any atom is 0.119 e. The second kappa shape index (κ2) is 6.00. The van der Waals surface area contributed by atoms with Gasteiger partial charge in [0.25, 0.3) is 0 Å². The van der Waals surface area contributed by atoms with Crippen molar-refractivity contribution in [3.8, 4) is 5.75 Å². The Kier molecular flexibility index (Phi) is 4.36. The van der Waals surface area contributed by atoms with Gasteiger partial charge in [0.1, 0.15) is 5.75 Å². The van der Waals surface area contributed by atoms with Crippen LogP contribution in [0.2, 0.25) is 0 Å². The van der Waals surface area contributed by atoms with Gasteiger partial charge in [-0.1, -0.05) is 12.1 Å². The van der Waals surface area contributed by atoms with Gasteiger partial charge in [-0.3, -0.25) is 10.7 Å². The van der Waals surface area contributed by atoms with E-state index in [9.17, 15) is 0 Å². The van der Waals surface area contributed by atoms with Crippen LogP contribution in [-0.4, -0.2) is 42.7 Å². The van der Waals surface area contributed by atoms with Crippen molar-refractivity contribution in [1.29, 1.82) is 0 Å². The van der Waals surface area contributed by atoms with Crippen LogP contribution in [0.3, 0.4) is 0 Å². The highest BCUT2D eigenvalue weighted by molar-refractivity contribution is 5.28. The molecule has 0 aliphatic carbocycles. The Morgan fingerprint density at radius 3 is 2.71 bits per heavy atom. The second-order valence-electron chi connectivity index (χ2n) is 4.39. The topological polar surface area (TPSA) is 41.7 Å². The standard InChI is InChI=1S/C13H21N3O/c1-2-17-13-5-3-4-12(10-13)11-15-6-8-16(14)9-7-15/h3-5,10H,2,6-9,11,14H2,1H3. The van der Waals surface area contributed by atoms with Crippen LogP contribution in [0.25, 0.3) is 0 Å². The van der Waals surface area contributed by atoms with E-state index in [4.69, 9.17) is 10.6 Å². The Bertz CT molecular complexity index is 348. The van der Waals surface area contributed by atoms with Gasteiger partial charge in [-0.2, -0.15) is 0 Å². The summed E-state index contributed by atoms with van der Waals surface area (Å²) in [7, 11) is 0. The van der Waals surface area contributed by atoms with E-state index in [1.807, 2.05) is 18.0 Å². The molecular weight excluding hydrogens is 214 g/mol. The van der Waals surface area contributed by atoms with Crippen molar-refractivity contribution in [2.75, 3.05) is 32.8 Å². The van der Waals surface area contributed by atoms with Crippen molar-refractivity contribution < 1.29 is 4.74 Å². The van der Waals surface area contributed by atoms with E-state index in [1.165, 1.54) is 5.56 Å². The summed E-state index contributed by atoms with van der Waals surface area (Å²) in [6, 6.07) is 8.33. The van der Waals surface area contributed by atoms with Crippen molar-refractivity contribution in [3.05, 3.63) is 29.8 Å². The van der Waals surface area contributed by atoms with Crippen molar-refractivity contribution in [2.24, 2.45) is 5.84 Å². The first kappa shape index (κ1) is 12.4. The maximum absolute atomic E-state index is 5.74. The predicted molar refractivity (Wildman–Crippen MR) is 68.6 cm³/mol. The second-order valence-corrected chi connectivity index (χ2v) is 4.39. The summed E-state index contributed by atoms with van der Waals surface area (Å²) in [5.41, 5.74) is 1.31. The normalized spacial score (nSPS) is 18.2. The molecule has 17 heavy (non-hydrogen) atoms. The zero-order valence-electron chi connectivity index (χ0n) is 10.4. The fourth-order valence-electron chi connectivity index (χ4n) is 2.08. The van der Waals surface area contributed by atoms with E-state index in [-0.39, 0.29) is 0 Å². The van der Waals surface area contributed by atoms with Crippen molar-refractivity contribution >= 4 is 0 Å². The zero-order valence-corrected chi connectivity index (χ0v) is 10.4. The third kappa shape index (κ3) is 3.70. The number of nitrogens with two attached hydrogens (primary N) is 1. The van der Waals surface area contributed by atoms with E-state index in [0.29, 0.717) is 0 Å². The van der Waals surface area contributed by atoms with Gasteiger partial charge in [-0.15, -0.1) is 0 Å². The van der Waals surface area contributed by atoms with Crippen LogP contribution in [0.4, 0.5) is 0 Å². The summed E-state index contributed by atoms with van der Waals surface area (Å²) in [6.45, 7) is 7.68. The molecule has 4 heteroatoms. The van der Waals surface area contributed by atoms with Crippen LogP contribution in [-0.2, 0) is 6.54 Å². The largest absolute Gasteiger partial charge is 0.494 e. The van der Waals surface area contributed by atoms with Gasteiger partial charge in [0.15, 0.2) is 0 Å². The SMILES string of the molecule is CCOc1cccc(CN2CCN(N)CC2)c1. The third-order valence-corrected chi connectivity index (χ3v) is 3.02. The summed E-state index contributed by atoms with van der Waals surface area (Å²) in [4.78, 5) is 2.43. The lowest BCUT2D eigenvalue weighted by atomic mass is 10.2. The lowest BCUT2D eigenvalue weighted by Crippen LogP contribution is -2.48. The monoisotopic (exact) mass is 235 g/mol. The zero-order chi connectivity index (χ0) is 12.1. The Balaban J connectivity index is 1.91. The molecule has 0 bridgehead atoms.